The van der Waals surface area contributed by atoms with Crippen LogP contribution in [0.3, 0.4) is 0 Å². The molecule has 2 aromatic carbocycles. The van der Waals surface area contributed by atoms with E-state index < -0.39 is 0 Å². The van der Waals surface area contributed by atoms with Crippen LogP contribution in [0.1, 0.15) is 41.6 Å². The zero-order valence-corrected chi connectivity index (χ0v) is 15.7. The fourth-order valence-electron chi connectivity index (χ4n) is 4.40. The van der Waals surface area contributed by atoms with Crippen molar-refractivity contribution < 1.29 is 4.79 Å². The molecule has 2 fully saturated rings. The Kier molecular flexibility index (Phi) is 5.64. The molecule has 2 unspecified atom stereocenters. The number of rotatable bonds is 4. The topological polar surface area (TPSA) is 44.7 Å². The minimum absolute atomic E-state index is 0.119. The molecule has 1 aliphatic heterocycles. The van der Waals surface area contributed by atoms with Crippen molar-refractivity contribution in [2.24, 2.45) is 16.9 Å². The number of carbonyl (C=O) groups is 1. The van der Waals surface area contributed by atoms with Crippen LogP contribution in [0.5, 0.6) is 0 Å². The van der Waals surface area contributed by atoms with Crippen LogP contribution in [-0.2, 0) is 6.54 Å². The molecule has 0 radical (unpaired) electrons. The zero-order chi connectivity index (χ0) is 18.5. The van der Waals surface area contributed by atoms with Gasteiger partial charge in [-0.1, -0.05) is 61.4 Å². The maximum atomic E-state index is 12.4. The number of fused-ring (bicyclic) bond motifs is 2. The van der Waals surface area contributed by atoms with Crippen LogP contribution in [0.25, 0.3) is 0 Å². The van der Waals surface area contributed by atoms with Crippen LogP contribution in [0.4, 0.5) is 0 Å². The van der Waals surface area contributed by atoms with Crippen molar-refractivity contribution in [1.82, 2.24) is 10.3 Å². The summed E-state index contributed by atoms with van der Waals surface area (Å²) in [5.74, 6) is 0.781. The molecule has 2 aromatic rings. The first-order valence-corrected chi connectivity index (χ1v) is 9.99. The lowest BCUT2D eigenvalue weighted by atomic mass is 9.85. The second-order valence-electron chi connectivity index (χ2n) is 7.70. The van der Waals surface area contributed by atoms with Gasteiger partial charge in [0.25, 0.3) is 5.91 Å². The quantitative estimate of drug-likeness (QED) is 0.834. The van der Waals surface area contributed by atoms with Gasteiger partial charge in [-0.3, -0.25) is 9.69 Å². The number of nitrogens with zero attached hydrogens (tertiary/aromatic N) is 2. The summed E-state index contributed by atoms with van der Waals surface area (Å²) in [5, 5.41) is 4.64. The molecule has 1 N–H and O–H groups in total. The van der Waals surface area contributed by atoms with Crippen molar-refractivity contribution in [2.45, 2.75) is 32.2 Å². The average Bonchev–Trinajstić information content (AvgIpc) is 2.82. The van der Waals surface area contributed by atoms with Gasteiger partial charge in [0.1, 0.15) is 0 Å². The number of benzene rings is 2. The molecule has 1 amide bonds. The maximum Gasteiger partial charge on any atom is 0.271 e. The molecule has 140 valence electrons. The number of likely N-dealkylation sites (tertiary alicyclic amines) is 1. The second-order valence-corrected chi connectivity index (χ2v) is 7.70. The highest BCUT2D eigenvalue weighted by atomic mass is 16.2. The molecule has 2 aliphatic rings. The van der Waals surface area contributed by atoms with Gasteiger partial charge in [0, 0.05) is 42.7 Å². The highest BCUT2D eigenvalue weighted by Gasteiger charge is 2.35. The van der Waals surface area contributed by atoms with E-state index in [0.29, 0.717) is 17.4 Å². The molecule has 27 heavy (non-hydrogen) atoms. The van der Waals surface area contributed by atoms with Gasteiger partial charge in [0.2, 0.25) is 0 Å². The molecule has 1 saturated carbocycles. The molecule has 4 nitrogen and oxygen atoms in total. The number of carbonyl (C=O) groups excluding carboxylic acids is 1. The summed E-state index contributed by atoms with van der Waals surface area (Å²) in [4.78, 5) is 14.9. The third kappa shape index (κ3) is 4.45. The third-order valence-electron chi connectivity index (χ3n) is 5.72. The smallest absolute Gasteiger partial charge is 0.271 e. The van der Waals surface area contributed by atoms with Gasteiger partial charge in [-0.2, -0.15) is 5.10 Å². The van der Waals surface area contributed by atoms with Crippen molar-refractivity contribution in [1.29, 1.82) is 0 Å². The lowest BCUT2D eigenvalue weighted by molar-refractivity contribution is 0.0953. The normalized spacial score (nSPS) is 22.7. The SMILES string of the molecule is O=C(NN=C1C2CCCCC1CN(Cc1ccccc1)C2)c1ccccc1. The highest BCUT2D eigenvalue weighted by molar-refractivity contribution is 5.96. The van der Waals surface area contributed by atoms with Crippen LogP contribution in [0.15, 0.2) is 65.8 Å². The Bertz CT molecular complexity index is 770. The average molecular weight is 361 g/mol. The fraction of sp³-hybridized carbons (Fsp3) is 0.391. The Morgan fingerprint density at radius 1 is 0.926 bits per heavy atom. The van der Waals surface area contributed by atoms with E-state index in [9.17, 15) is 4.79 Å². The zero-order valence-electron chi connectivity index (χ0n) is 15.7. The third-order valence-corrected chi connectivity index (χ3v) is 5.72. The van der Waals surface area contributed by atoms with Crippen molar-refractivity contribution in [3.8, 4) is 0 Å². The molecular weight excluding hydrogens is 334 g/mol. The van der Waals surface area contributed by atoms with Gasteiger partial charge < -0.3 is 0 Å². The Balaban J connectivity index is 1.46. The molecule has 4 rings (SSSR count). The van der Waals surface area contributed by atoms with Crippen molar-refractivity contribution >= 4 is 11.6 Å². The van der Waals surface area contributed by atoms with E-state index in [-0.39, 0.29) is 5.91 Å². The number of piperidine rings is 1. The molecule has 4 heteroatoms. The van der Waals surface area contributed by atoms with Crippen LogP contribution in [-0.4, -0.2) is 29.6 Å². The minimum Gasteiger partial charge on any atom is -0.298 e. The first-order chi connectivity index (χ1) is 13.3. The Hall–Kier alpha value is -2.46. The number of hydrogen-bond acceptors (Lipinski definition) is 3. The van der Waals surface area contributed by atoms with Crippen LogP contribution in [0, 0.1) is 11.8 Å². The van der Waals surface area contributed by atoms with Gasteiger partial charge in [0.15, 0.2) is 0 Å². The van der Waals surface area contributed by atoms with E-state index >= 15 is 0 Å². The monoisotopic (exact) mass is 361 g/mol. The number of hydrazone groups is 1. The maximum absolute atomic E-state index is 12.4. The van der Waals surface area contributed by atoms with Gasteiger partial charge >= 0.3 is 0 Å². The number of hydrogen-bond donors (Lipinski definition) is 1. The Morgan fingerprint density at radius 3 is 2.15 bits per heavy atom. The lowest BCUT2D eigenvalue weighted by Gasteiger charge is -2.37. The molecule has 2 bridgehead atoms. The van der Waals surface area contributed by atoms with Gasteiger partial charge in [-0.25, -0.2) is 5.43 Å². The minimum atomic E-state index is -0.119. The largest absolute Gasteiger partial charge is 0.298 e. The van der Waals surface area contributed by atoms with Gasteiger partial charge in [-0.15, -0.1) is 0 Å². The van der Waals surface area contributed by atoms with Gasteiger partial charge in [-0.05, 0) is 30.5 Å². The summed E-state index contributed by atoms with van der Waals surface area (Å²) < 4.78 is 0. The van der Waals surface area contributed by atoms with E-state index in [1.165, 1.54) is 37.0 Å². The van der Waals surface area contributed by atoms with E-state index in [4.69, 9.17) is 0 Å². The first-order valence-electron chi connectivity index (χ1n) is 9.99. The first kappa shape index (κ1) is 17.9. The standard InChI is InChI=1S/C23H27N3O/c27-23(19-11-5-2-6-12-19)25-24-22-20-13-7-8-14-21(22)17-26(16-20)15-18-9-3-1-4-10-18/h1-6,9-12,20-21H,7-8,13-17H2,(H,25,27). The summed E-state index contributed by atoms with van der Waals surface area (Å²) in [7, 11) is 0. The summed E-state index contributed by atoms with van der Waals surface area (Å²) in [5.41, 5.74) is 6.06. The molecule has 0 spiro atoms. The predicted molar refractivity (Wildman–Crippen MR) is 109 cm³/mol. The summed E-state index contributed by atoms with van der Waals surface area (Å²) >= 11 is 0. The van der Waals surface area contributed by atoms with E-state index in [2.05, 4.69) is 45.8 Å². The molecular formula is C23H27N3O. The Morgan fingerprint density at radius 2 is 1.52 bits per heavy atom. The van der Waals surface area contributed by atoms with Crippen molar-refractivity contribution in [3.05, 3.63) is 71.8 Å². The molecule has 2 atom stereocenters. The van der Waals surface area contributed by atoms with E-state index in [1.807, 2.05) is 30.3 Å². The van der Waals surface area contributed by atoms with Crippen LogP contribution in [0.2, 0.25) is 0 Å². The molecule has 1 saturated heterocycles. The lowest BCUT2D eigenvalue weighted by Crippen LogP contribution is -2.46. The molecule has 1 heterocycles. The molecule has 0 aromatic heterocycles. The van der Waals surface area contributed by atoms with E-state index in [1.54, 1.807) is 0 Å². The summed E-state index contributed by atoms with van der Waals surface area (Å²) in [6.07, 6.45) is 4.85. The van der Waals surface area contributed by atoms with Crippen molar-refractivity contribution in [2.75, 3.05) is 13.1 Å². The summed E-state index contributed by atoms with van der Waals surface area (Å²) in [6.45, 7) is 3.06. The Labute approximate surface area is 161 Å². The van der Waals surface area contributed by atoms with Crippen molar-refractivity contribution in [3.63, 3.8) is 0 Å². The number of nitrogens with one attached hydrogen (secondary N) is 1. The van der Waals surface area contributed by atoms with E-state index in [0.717, 1.165) is 19.6 Å². The fourth-order valence-corrected chi connectivity index (χ4v) is 4.40. The summed E-state index contributed by atoms with van der Waals surface area (Å²) in [6, 6.07) is 20.0. The van der Waals surface area contributed by atoms with Crippen LogP contribution < -0.4 is 5.43 Å². The highest BCUT2D eigenvalue weighted by Crippen LogP contribution is 2.32. The predicted octanol–water partition coefficient (Wildman–Crippen LogP) is 4.09. The number of amides is 1. The molecule has 1 aliphatic carbocycles. The second kappa shape index (κ2) is 8.49. The van der Waals surface area contributed by atoms with Gasteiger partial charge in [0.05, 0.1) is 0 Å². The van der Waals surface area contributed by atoms with Crippen LogP contribution >= 0.6 is 0 Å².